The second kappa shape index (κ2) is 6.73. The van der Waals surface area contributed by atoms with E-state index in [1.807, 2.05) is 30.3 Å². The number of hydrogen-bond acceptors (Lipinski definition) is 4. The first-order chi connectivity index (χ1) is 11.0. The van der Waals surface area contributed by atoms with E-state index in [2.05, 4.69) is 15.9 Å². The standard InChI is InChI=1S/C17H17BrO4S/c18-15-8-10-16(11-9-15)23(19,20)22-17(12-4-5-13-21-17)14-6-2-1-3-7-14/h1-3,6-11H,4-5,12-13H2. The van der Waals surface area contributed by atoms with Crippen molar-refractivity contribution in [2.45, 2.75) is 29.9 Å². The molecule has 1 aliphatic rings. The van der Waals surface area contributed by atoms with Gasteiger partial charge in [-0.15, -0.1) is 0 Å². The maximum atomic E-state index is 12.7. The largest absolute Gasteiger partial charge is 0.345 e. The fourth-order valence-corrected chi connectivity index (χ4v) is 4.04. The molecular formula is C17H17BrO4S. The van der Waals surface area contributed by atoms with Crippen LogP contribution in [0.4, 0.5) is 0 Å². The van der Waals surface area contributed by atoms with E-state index in [4.69, 9.17) is 8.92 Å². The van der Waals surface area contributed by atoms with Gasteiger partial charge in [-0.2, -0.15) is 8.42 Å². The first kappa shape index (κ1) is 16.6. The second-order valence-corrected chi connectivity index (χ2v) is 7.88. The van der Waals surface area contributed by atoms with E-state index in [0.717, 1.165) is 22.9 Å². The zero-order valence-electron chi connectivity index (χ0n) is 12.4. The molecule has 0 bridgehead atoms. The summed E-state index contributed by atoms with van der Waals surface area (Å²) in [5, 5.41) is 0. The third-order valence-corrected chi connectivity index (χ3v) is 5.66. The van der Waals surface area contributed by atoms with Crippen LogP contribution in [0.1, 0.15) is 24.8 Å². The minimum atomic E-state index is -3.93. The minimum absolute atomic E-state index is 0.116. The third kappa shape index (κ3) is 3.66. The maximum absolute atomic E-state index is 12.7. The van der Waals surface area contributed by atoms with Crippen LogP contribution in [0, 0.1) is 0 Å². The van der Waals surface area contributed by atoms with Crippen LogP contribution in [0.25, 0.3) is 0 Å². The third-order valence-electron chi connectivity index (χ3n) is 3.80. The highest BCUT2D eigenvalue weighted by molar-refractivity contribution is 9.10. The highest BCUT2D eigenvalue weighted by atomic mass is 79.9. The average Bonchev–Trinajstić information content (AvgIpc) is 2.56. The molecule has 1 heterocycles. The molecule has 2 aromatic rings. The summed E-state index contributed by atoms with van der Waals surface area (Å²) < 4.78 is 37.6. The molecule has 0 spiro atoms. The zero-order valence-corrected chi connectivity index (χ0v) is 14.8. The van der Waals surface area contributed by atoms with Gasteiger partial charge in [-0.3, -0.25) is 0 Å². The molecule has 1 saturated heterocycles. The number of hydrogen-bond donors (Lipinski definition) is 0. The zero-order chi connectivity index (χ0) is 16.3. The highest BCUT2D eigenvalue weighted by Crippen LogP contribution is 2.39. The molecular weight excluding hydrogens is 380 g/mol. The summed E-state index contributed by atoms with van der Waals surface area (Å²) in [5.74, 6) is -1.24. The van der Waals surface area contributed by atoms with E-state index in [-0.39, 0.29) is 4.90 Å². The fourth-order valence-electron chi connectivity index (χ4n) is 2.63. The molecule has 0 amide bonds. The van der Waals surface area contributed by atoms with Crippen molar-refractivity contribution in [3.63, 3.8) is 0 Å². The van der Waals surface area contributed by atoms with Gasteiger partial charge in [0.25, 0.3) is 10.1 Å². The lowest BCUT2D eigenvalue weighted by Crippen LogP contribution is -2.38. The molecule has 1 aliphatic heterocycles. The SMILES string of the molecule is O=S(=O)(OC1(c2ccccc2)CCCCO1)c1ccc(Br)cc1. The van der Waals surface area contributed by atoms with Crippen molar-refractivity contribution in [3.8, 4) is 0 Å². The topological polar surface area (TPSA) is 52.6 Å². The van der Waals surface area contributed by atoms with Gasteiger partial charge in [-0.1, -0.05) is 46.3 Å². The van der Waals surface area contributed by atoms with Gasteiger partial charge >= 0.3 is 0 Å². The summed E-state index contributed by atoms with van der Waals surface area (Å²) in [6.45, 7) is 0.477. The monoisotopic (exact) mass is 396 g/mol. The Labute approximate surface area is 144 Å². The van der Waals surface area contributed by atoms with E-state index in [1.165, 1.54) is 12.1 Å². The van der Waals surface area contributed by atoms with Gasteiger partial charge in [-0.05, 0) is 37.1 Å². The molecule has 1 fully saturated rings. The molecule has 0 N–H and O–H groups in total. The van der Waals surface area contributed by atoms with Crippen molar-refractivity contribution in [3.05, 3.63) is 64.6 Å². The smallest absolute Gasteiger partial charge is 0.299 e. The van der Waals surface area contributed by atoms with Crippen LogP contribution in [0.2, 0.25) is 0 Å². The van der Waals surface area contributed by atoms with Gasteiger partial charge in [0, 0.05) is 16.5 Å². The molecule has 0 saturated carbocycles. The van der Waals surface area contributed by atoms with Crippen molar-refractivity contribution in [1.82, 2.24) is 0 Å². The summed E-state index contributed by atoms with van der Waals surface area (Å²) in [7, 11) is -3.93. The maximum Gasteiger partial charge on any atom is 0.299 e. The van der Waals surface area contributed by atoms with E-state index in [0.29, 0.717) is 13.0 Å². The fraction of sp³-hybridized carbons (Fsp3) is 0.294. The van der Waals surface area contributed by atoms with E-state index < -0.39 is 15.9 Å². The molecule has 122 valence electrons. The van der Waals surface area contributed by atoms with E-state index in [9.17, 15) is 8.42 Å². The Bertz CT molecular complexity index is 751. The Morgan fingerprint density at radius 3 is 2.30 bits per heavy atom. The van der Waals surface area contributed by atoms with Crippen LogP contribution in [0.15, 0.2) is 64.0 Å². The first-order valence-electron chi connectivity index (χ1n) is 7.43. The number of ether oxygens (including phenoxy) is 1. The molecule has 1 unspecified atom stereocenters. The molecule has 0 radical (unpaired) electrons. The molecule has 4 nitrogen and oxygen atoms in total. The summed E-state index contributed by atoms with van der Waals surface area (Å²) in [6.07, 6.45) is 2.26. The quantitative estimate of drug-likeness (QED) is 0.726. The Kier molecular flexibility index (Phi) is 4.87. The van der Waals surface area contributed by atoms with Crippen molar-refractivity contribution in [1.29, 1.82) is 0 Å². The van der Waals surface area contributed by atoms with Crippen molar-refractivity contribution >= 4 is 26.0 Å². The van der Waals surface area contributed by atoms with E-state index in [1.54, 1.807) is 12.1 Å². The van der Waals surface area contributed by atoms with Crippen LogP contribution in [0.3, 0.4) is 0 Å². The molecule has 3 rings (SSSR count). The summed E-state index contributed by atoms with van der Waals surface area (Å²) in [4.78, 5) is 0.116. The second-order valence-electron chi connectivity index (χ2n) is 5.42. The van der Waals surface area contributed by atoms with Gasteiger partial charge in [0.05, 0.1) is 11.5 Å². The minimum Gasteiger partial charge on any atom is -0.345 e. The van der Waals surface area contributed by atoms with Crippen molar-refractivity contribution in [2.24, 2.45) is 0 Å². The number of halogens is 1. The average molecular weight is 397 g/mol. The molecule has 0 aliphatic carbocycles. The van der Waals surface area contributed by atoms with Crippen LogP contribution >= 0.6 is 15.9 Å². The lowest BCUT2D eigenvalue weighted by Gasteiger charge is -2.36. The Hall–Kier alpha value is -1.21. The predicted molar refractivity (Wildman–Crippen MR) is 90.3 cm³/mol. The van der Waals surface area contributed by atoms with Crippen molar-refractivity contribution < 1.29 is 17.3 Å². The predicted octanol–water partition coefficient (Wildman–Crippen LogP) is 4.21. The Morgan fingerprint density at radius 1 is 1.00 bits per heavy atom. The van der Waals surface area contributed by atoms with Crippen LogP contribution in [-0.4, -0.2) is 15.0 Å². The van der Waals surface area contributed by atoms with Crippen LogP contribution < -0.4 is 0 Å². The Balaban J connectivity index is 1.97. The molecule has 1 atom stereocenters. The van der Waals surface area contributed by atoms with Crippen LogP contribution in [-0.2, 0) is 24.8 Å². The van der Waals surface area contributed by atoms with Gasteiger partial charge in [0.2, 0.25) is 5.79 Å². The molecule has 2 aromatic carbocycles. The summed E-state index contributed by atoms with van der Waals surface area (Å²) in [5.41, 5.74) is 0.723. The van der Waals surface area contributed by atoms with E-state index >= 15 is 0 Å². The van der Waals surface area contributed by atoms with Gasteiger partial charge in [0.15, 0.2) is 0 Å². The molecule has 6 heteroatoms. The van der Waals surface area contributed by atoms with Crippen molar-refractivity contribution in [2.75, 3.05) is 6.61 Å². The lowest BCUT2D eigenvalue weighted by molar-refractivity contribution is -0.211. The highest BCUT2D eigenvalue weighted by Gasteiger charge is 2.41. The molecule has 23 heavy (non-hydrogen) atoms. The van der Waals surface area contributed by atoms with Gasteiger partial charge in [-0.25, -0.2) is 4.18 Å². The summed E-state index contributed by atoms with van der Waals surface area (Å²) >= 11 is 3.30. The first-order valence-corrected chi connectivity index (χ1v) is 9.63. The van der Waals surface area contributed by atoms with Gasteiger partial charge in [0.1, 0.15) is 0 Å². The van der Waals surface area contributed by atoms with Gasteiger partial charge < -0.3 is 4.74 Å². The number of rotatable bonds is 4. The Morgan fingerprint density at radius 2 is 1.70 bits per heavy atom. The molecule has 0 aromatic heterocycles. The summed E-state index contributed by atoms with van der Waals surface area (Å²) in [6, 6.07) is 15.6. The van der Waals surface area contributed by atoms with Crippen LogP contribution in [0.5, 0.6) is 0 Å². The lowest BCUT2D eigenvalue weighted by atomic mass is 9.98. The number of benzene rings is 2. The normalized spacial score (nSPS) is 22.0.